The molecule has 2 aromatic heterocycles. The second-order valence-electron chi connectivity index (χ2n) is 6.04. The van der Waals surface area contributed by atoms with Gasteiger partial charge < -0.3 is 5.11 Å². The van der Waals surface area contributed by atoms with E-state index < -0.39 is 11.6 Å². The Hall–Kier alpha value is -3.34. The second kappa shape index (κ2) is 6.19. The van der Waals surface area contributed by atoms with Crippen LogP contribution in [0.2, 0.25) is 0 Å². The Morgan fingerprint density at radius 3 is 2.35 bits per heavy atom. The van der Waals surface area contributed by atoms with Crippen LogP contribution in [0.25, 0.3) is 33.3 Å². The molecule has 5 heteroatoms. The summed E-state index contributed by atoms with van der Waals surface area (Å²) in [4.78, 5) is 8.87. The number of benzene rings is 2. The van der Waals surface area contributed by atoms with Crippen molar-refractivity contribution in [2.75, 3.05) is 0 Å². The number of phenols is 1. The van der Waals surface area contributed by atoms with Gasteiger partial charge in [0.15, 0.2) is 0 Å². The molecule has 4 rings (SSSR count). The number of hydrogen-bond acceptors (Lipinski definition) is 3. The molecule has 0 spiro atoms. The summed E-state index contributed by atoms with van der Waals surface area (Å²) in [5.74, 6) is -1.07. The normalized spacial score (nSPS) is 11.0. The summed E-state index contributed by atoms with van der Waals surface area (Å²) >= 11 is 0. The summed E-state index contributed by atoms with van der Waals surface area (Å²) < 4.78 is 27.5. The molecular weight excluding hydrogens is 334 g/mol. The Morgan fingerprint density at radius 1 is 0.808 bits per heavy atom. The fraction of sp³-hybridized carbons (Fsp3) is 0.0476. The number of pyridine rings is 2. The van der Waals surface area contributed by atoms with Gasteiger partial charge in [-0.1, -0.05) is 0 Å². The molecule has 0 radical (unpaired) electrons. The average Bonchev–Trinajstić information content (AvgIpc) is 2.61. The van der Waals surface area contributed by atoms with Crippen LogP contribution in [0.1, 0.15) is 5.56 Å². The van der Waals surface area contributed by atoms with Gasteiger partial charge in [0.25, 0.3) is 0 Å². The number of fused-ring (bicyclic) bond motifs is 1. The lowest BCUT2D eigenvalue weighted by Gasteiger charge is -2.12. The number of phenolic OH excluding ortho intramolecular Hbond substituents is 1. The number of aryl methyl sites for hydroxylation is 1. The van der Waals surface area contributed by atoms with Crippen molar-refractivity contribution in [3.05, 3.63) is 78.1 Å². The van der Waals surface area contributed by atoms with E-state index in [1.54, 1.807) is 42.7 Å². The summed E-state index contributed by atoms with van der Waals surface area (Å²) in [6.45, 7) is 1.87. The fourth-order valence-corrected chi connectivity index (χ4v) is 3.13. The molecule has 0 aliphatic carbocycles. The minimum absolute atomic E-state index is 0.175. The molecule has 128 valence electrons. The Kier molecular flexibility index (Phi) is 3.84. The van der Waals surface area contributed by atoms with Crippen molar-refractivity contribution in [3.8, 4) is 28.1 Å². The monoisotopic (exact) mass is 348 g/mol. The van der Waals surface area contributed by atoms with E-state index in [9.17, 15) is 13.9 Å². The van der Waals surface area contributed by atoms with Gasteiger partial charge >= 0.3 is 0 Å². The van der Waals surface area contributed by atoms with Gasteiger partial charge in [-0.2, -0.15) is 0 Å². The van der Waals surface area contributed by atoms with Gasteiger partial charge in [-0.05, 0) is 60.5 Å². The van der Waals surface area contributed by atoms with Crippen molar-refractivity contribution in [2.24, 2.45) is 0 Å². The van der Waals surface area contributed by atoms with Crippen LogP contribution in [0.3, 0.4) is 0 Å². The Balaban J connectivity index is 1.99. The zero-order chi connectivity index (χ0) is 18.3. The van der Waals surface area contributed by atoms with Gasteiger partial charge in [-0.25, -0.2) is 8.78 Å². The first-order valence-electron chi connectivity index (χ1n) is 8.04. The predicted octanol–water partition coefficient (Wildman–Crippen LogP) is 5.26. The van der Waals surface area contributed by atoms with Crippen molar-refractivity contribution in [1.29, 1.82) is 0 Å². The first kappa shape index (κ1) is 16.1. The summed E-state index contributed by atoms with van der Waals surface area (Å²) in [6.07, 6.45) is 3.22. The molecule has 2 heterocycles. The lowest BCUT2D eigenvalue weighted by Crippen LogP contribution is -1.94. The fourth-order valence-electron chi connectivity index (χ4n) is 3.13. The standard InChI is InChI=1S/C21H14F2N2O/c1-12-10-14(26)3-5-15(12)20-21-18(7-9-24-20)16(6-8-25-21)17-4-2-13(22)11-19(17)23/h2-11,26H,1H3. The van der Waals surface area contributed by atoms with Crippen molar-refractivity contribution >= 4 is 10.9 Å². The average molecular weight is 348 g/mol. The molecule has 0 bridgehead atoms. The topological polar surface area (TPSA) is 46.0 Å². The molecule has 26 heavy (non-hydrogen) atoms. The highest BCUT2D eigenvalue weighted by Gasteiger charge is 2.15. The largest absolute Gasteiger partial charge is 0.508 e. The molecule has 0 unspecified atom stereocenters. The molecule has 3 nitrogen and oxygen atoms in total. The number of aromatic hydroxyl groups is 1. The van der Waals surface area contributed by atoms with Gasteiger partial charge in [-0.15, -0.1) is 0 Å². The molecule has 0 amide bonds. The number of halogens is 2. The Bertz CT molecular complexity index is 1050. The van der Waals surface area contributed by atoms with Crippen molar-refractivity contribution in [2.45, 2.75) is 6.92 Å². The molecule has 0 saturated heterocycles. The van der Waals surface area contributed by atoms with Gasteiger partial charge in [0.2, 0.25) is 0 Å². The van der Waals surface area contributed by atoms with E-state index in [0.29, 0.717) is 22.3 Å². The van der Waals surface area contributed by atoms with E-state index in [4.69, 9.17) is 0 Å². The van der Waals surface area contributed by atoms with E-state index in [0.717, 1.165) is 22.6 Å². The Morgan fingerprint density at radius 2 is 1.58 bits per heavy atom. The maximum Gasteiger partial charge on any atom is 0.133 e. The summed E-state index contributed by atoms with van der Waals surface area (Å²) in [5.41, 5.74) is 3.86. The molecule has 0 aliphatic rings. The van der Waals surface area contributed by atoms with Gasteiger partial charge in [0.1, 0.15) is 17.4 Å². The maximum absolute atomic E-state index is 14.3. The van der Waals surface area contributed by atoms with Crippen LogP contribution < -0.4 is 0 Å². The summed E-state index contributed by atoms with van der Waals surface area (Å²) in [7, 11) is 0. The van der Waals surface area contributed by atoms with Crippen molar-refractivity contribution < 1.29 is 13.9 Å². The van der Waals surface area contributed by atoms with E-state index in [-0.39, 0.29) is 5.75 Å². The zero-order valence-corrected chi connectivity index (χ0v) is 13.9. The van der Waals surface area contributed by atoms with Crippen molar-refractivity contribution in [3.63, 3.8) is 0 Å². The third-order valence-electron chi connectivity index (χ3n) is 4.35. The highest BCUT2D eigenvalue weighted by Crippen LogP contribution is 2.34. The lowest BCUT2D eigenvalue weighted by molar-refractivity contribution is 0.475. The molecule has 0 fully saturated rings. The quantitative estimate of drug-likeness (QED) is 0.538. The van der Waals surface area contributed by atoms with Crippen LogP contribution in [-0.2, 0) is 0 Å². The molecule has 2 aromatic carbocycles. The molecule has 1 N–H and O–H groups in total. The number of nitrogens with zero attached hydrogens (tertiary/aromatic N) is 2. The van der Waals surface area contributed by atoms with Gasteiger partial charge in [0, 0.05) is 35.0 Å². The minimum Gasteiger partial charge on any atom is -0.508 e. The number of hydrogen-bond donors (Lipinski definition) is 1. The SMILES string of the molecule is Cc1cc(O)ccc1-c1nccc2c(-c3ccc(F)cc3F)ccnc12. The first-order chi connectivity index (χ1) is 12.5. The van der Waals surface area contributed by atoms with Crippen LogP contribution in [0.5, 0.6) is 5.75 Å². The van der Waals surface area contributed by atoms with Crippen LogP contribution in [-0.4, -0.2) is 15.1 Å². The molecule has 0 aliphatic heterocycles. The summed E-state index contributed by atoms with van der Waals surface area (Å²) in [5, 5.41) is 10.4. The lowest BCUT2D eigenvalue weighted by atomic mass is 9.98. The van der Waals surface area contributed by atoms with Gasteiger partial charge in [-0.3, -0.25) is 9.97 Å². The summed E-state index contributed by atoms with van der Waals surface area (Å²) in [6, 6.07) is 12.0. The third-order valence-corrected chi connectivity index (χ3v) is 4.35. The van der Waals surface area contributed by atoms with Crippen LogP contribution in [0.15, 0.2) is 60.9 Å². The Labute approximate surface area is 148 Å². The van der Waals surface area contributed by atoms with E-state index in [1.807, 2.05) is 6.92 Å². The third kappa shape index (κ3) is 2.67. The van der Waals surface area contributed by atoms with E-state index in [1.165, 1.54) is 12.1 Å². The number of aromatic nitrogens is 2. The van der Waals surface area contributed by atoms with Gasteiger partial charge in [0.05, 0.1) is 11.2 Å². The van der Waals surface area contributed by atoms with Crippen LogP contribution >= 0.6 is 0 Å². The van der Waals surface area contributed by atoms with E-state index >= 15 is 0 Å². The van der Waals surface area contributed by atoms with Crippen LogP contribution in [0.4, 0.5) is 8.78 Å². The second-order valence-corrected chi connectivity index (χ2v) is 6.04. The van der Waals surface area contributed by atoms with E-state index in [2.05, 4.69) is 9.97 Å². The maximum atomic E-state index is 14.3. The van der Waals surface area contributed by atoms with Crippen molar-refractivity contribution in [1.82, 2.24) is 9.97 Å². The molecule has 0 atom stereocenters. The minimum atomic E-state index is -0.628. The highest BCUT2D eigenvalue weighted by atomic mass is 19.1. The zero-order valence-electron chi connectivity index (χ0n) is 13.9. The predicted molar refractivity (Wildman–Crippen MR) is 96.7 cm³/mol. The number of rotatable bonds is 2. The smallest absolute Gasteiger partial charge is 0.133 e. The molecule has 0 saturated carbocycles. The molecule has 4 aromatic rings. The first-order valence-corrected chi connectivity index (χ1v) is 8.04. The van der Waals surface area contributed by atoms with Crippen LogP contribution in [0, 0.1) is 18.6 Å². The highest BCUT2D eigenvalue weighted by molar-refractivity contribution is 6.00. The molecular formula is C21H14F2N2O.